The molecule has 4 rings (SSSR count). The third-order valence-corrected chi connectivity index (χ3v) is 5.93. The number of nitrogens with zero attached hydrogens (tertiary/aromatic N) is 3. The molecule has 0 saturated carbocycles. The van der Waals surface area contributed by atoms with Crippen molar-refractivity contribution in [1.82, 2.24) is 14.5 Å². The minimum atomic E-state index is -0.268. The van der Waals surface area contributed by atoms with Gasteiger partial charge in [0, 0.05) is 18.0 Å². The van der Waals surface area contributed by atoms with Crippen LogP contribution in [0.1, 0.15) is 37.6 Å². The normalized spacial score (nSPS) is 13.7. The fraction of sp³-hybridized carbons (Fsp3) is 0.263. The van der Waals surface area contributed by atoms with Gasteiger partial charge in [0.25, 0.3) is 17.4 Å². The Morgan fingerprint density at radius 2 is 1.65 bits per heavy atom. The molecule has 1 aliphatic heterocycles. The van der Waals surface area contributed by atoms with Gasteiger partial charge in [-0.2, -0.15) is 0 Å². The molecule has 6 nitrogen and oxygen atoms in total. The smallest absolute Gasteiger partial charge is 0.262 e. The van der Waals surface area contributed by atoms with Crippen LogP contribution in [0.15, 0.2) is 35.4 Å². The Bertz CT molecular complexity index is 1080. The first-order valence-electron chi connectivity index (χ1n) is 8.39. The molecule has 0 saturated heterocycles. The maximum atomic E-state index is 12.7. The first-order valence-corrected chi connectivity index (χ1v) is 9.21. The predicted octanol–water partition coefficient (Wildman–Crippen LogP) is 2.76. The molecule has 26 heavy (non-hydrogen) atoms. The van der Waals surface area contributed by atoms with Gasteiger partial charge in [0.05, 0.1) is 22.8 Å². The van der Waals surface area contributed by atoms with Gasteiger partial charge in [0.15, 0.2) is 0 Å². The van der Waals surface area contributed by atoms with Gasteiger partial charge in [-0.1, -0.05) is 12.1 Å². The third kappa shape index (κ3) is 2.47. The Labute approximate surface area is 153 Å². The molecule has 0 fully saturated rings. The van der Waals surface area contributed by atoms with Crippen LogP contribution < -0.4 is 5.56 Å². The van der Waals surface area contributed by atoms with Crippen molar-refractivity contribution in [2.75, 3.05) is 6.54 Å². The lowest BCUT2D eigenvalue weighted by Crippen LogP contribution is -2.32. The molecule has 0 aliphatic carbocycles. The number of rotatable bonds is 4. The number of carbonyl (C=O) groups is 2. The molecule has 3 heterocycles. The highest BCUT2D eigenvalue weighted by Gasteiger charge is 2.34. The minimum Gasteiger partial charge on any atom is -0.299 e. The van der Waals surface area contributed by atoms with E-state index in [4.69, 9.17) is 0 Å². The van der Waals surface area contributed by atoms with Crippen LogP contribution in [0.3, 0.4) is 0 Å². The lowest BCUT2D eigenvalue weighted by molar-refractivity contribution is 0.0650. The lowest BCUT2D eigenvalue weighted by Gasteiger charge is -2.14. The number of thiophene rings is 1. The van der Waals surface area contributed by atoms with Crippen LogP contribution in [0.5, 0.6) is 0 Å². The van der Waals surface area contributed by atoms with Crippen LogP contribution in [-0.2, 0) is 6.54 Å². The number of hydrogen-bond donors (Lipinski definition) is 0. The fourth-order valence-electron chi connectivity index (χ4n) is 3.27. The second-order valence-corrected chi connectivity index (χ2v) is 7.57. The van der Waals surface area contributed by atoms with E-state index in [0.29, 0.717) is 29.5 Å². The van der Waals surface area contributed by atoms with E-state index in [9.17, 15) is 14.4 Å². The molecule has 7 heteroatoms. The number of imide groups is 1. The van der Waals surface area contributed by atoms with E-state index in [1.54, 1.807) is 35.2 Å². The van der Waals surface area contributed by atoms with Crippen molar-refractivity contribution in [1.29, 1.82) is 0 Å². The summed E-state index contributed by atoms with van der Waals surface area (Å²) in [7, 11) is 0. The van der Waals surface area contributed by atoms with E-state index in [1.165, 1.54) is 16.2 Å². The summed E-state index contributed by atoms with van der Waals surface area (Å²) in [4.78, 5) is 44.9. The second-order valence-electron chi connectivity index (χ2n) is 6.37. The summed E-state index contributed by atoms with van der Waals surface area (Å²) in [6.07, 6.45) is 2.04. The Morgan fingerprint density at radius 3 is 2.31 bits per heavy atom. The van der Waals surface area contributed by atoms with E-state index >= 15 is 0 Å². The quantitative estimate of drug-likeness (QED) is 0.665. The highest BCUT2D eigenvalue weighted by Crippen LogP contribution is 2.25. The average Bonchev–Trinajstić information content (AvgIpc) is 3.06. The second kappa shape index (κ2) is 6.17. The number of amides is 2. The van der Waals surface area contributed by atoms with Crippen LogP contribution in [0.4, 0.5) is 0 Å². The molecule has 0 N–H and O–H groups in total. The first-order chi connectivity index (χ1) is 12.5. The molecule has 2 aromatic heterocycles. The summed E-state index contributed by atoms with van der Waals surface area (Å²) < 4.78 is 1.56. The zero-order valence-electron chi connectivity index (χ0n) is 14.5. The van der Waals surface area contributed by atoms with E-state index in [2.05, 4.69) is 4.98 Å². The molecule has 0 spiro atoms. The van der Waals surface area contributed by atoms with Crippen LogP contribution in [0, 0.1) is 13.8 Å². The highest BCUT2D eigenvalue weighted by molar-refractivity contribution is 7.18. The molecule has 0 unspecified atom stereocenters. The number of fused-ring (bicyclic) bond motifs is 2. The zero-order chi connectivity index (χ0) is 18.4. The third-order valence-electron chi connectivity index (χ3n) is 4.81. The number of aryl methyl sites for hydroxylation is 3. The Kier molecular flexibility index (Phi) is 3.96. The van der Waals surface area contributed by atoms with Gasteiger partial charge < -0.3 is 0 Å². The minimum absolute atomic E-state index is 0.0702. The summed E-state index contributed by atoms with van der Waals surface area (Å²) in [6, 6.07) is 6.83. The predicted molar refractivity (Wildman–Crippen MR) is 99.8 cm³/mol. The molecule has 1 aliphatic rings. The van der Waals surface area contributed by atoms with Crippen molar-refractivity contribution in [3.63, 3.8) is 0 Å². The summed E-state index contributed by atoms with van der Waals surface area (Å²) >= 11 is 1.52. The zero-order valence-corrected chi connectivity index (χ0v) is 15.3. The van der Waals surface area contributed by atoms with E-state index < -0.39 is 0 Å². The Morgan fingerprint density at radius 1 is 1.00 bits per heavy atom. The molecule has 0 radical (unpaired) electrons. The van der Waals surface area contributed by atoms with Crippen molar-refractivity contribution in [2.24, 2.45) is 0 Å². The Balaban J connectivity index is 1.51. The average molecular weight is 367 g/mol. The molecule has 0 atom stereocenters. The van der Waals surface area contributed by atoms with E-state index in [-0.39, 0.29) is 23.9 Å². The SMILES string of the molecule is Cc1sc2ncn(CCCN3C(=O)c4ccccc4C3=O)c(=O)c2c1C. The van der Waals surface area contributed by atoms with E-state index in [0.717, 1.165) is 15.3 Å². The van der Waals surface area contributed by atoms with Crippen molar-refractivity contribution < 1.29 is 9.59 Å². The monoisotopic (exact) mass is 367 g/mol. The number of benzene rings is 1. The molecule has 2 amide bonds. The molecular weight excluding hydrogens is 350 g/mol. The van der Waals surface area contributed by atoms with Crippen molar-refractivity contribution >= 4 is 33.4 Å². The molecule has 1 aromatic carbocycles. The Hall–Kier alpha value is -2.80. The van der Waals surface area contributed by atoms with Crippen molar-refractivity contribution in [3.05, 3.63) is 62.5 Å². The van der Waals surface area contributed by atoms with Gasteiger partial charge in [-0.05, 0) is 38.0 Å². The van der Waals surface area contributed by atoms with Crippen LogP contribution in [0.2, 0.25) is 0 Å². The van der Waals surface area contributed by atoms with Gasteiger partial charge >= 0.3 is 0 Å². The maximum Gasteiger partial charge on any atom is 0.262 e. The number of carbonyl (C=O) groups excluding carboxylic acids is 2. The van der Waals surface area contributed by atoms with Gasteiger partial charge in [-0.25, -0.2) is 4.98 Å². The molecular formula is C19H17N3O3S. The van der Waals surface area contributed by atoms with Crippen LogP contribution >= 0.6 is 11.3 Å². The molecule has 3 aromatic rings. The van der Waals surface area contributed by atoms with Gasteiger partial charge in [-0.15, -0.1) is 11.3 Å². The van der Waals surface area contributed by atoms with Crippen LogP contribution in [-0.4, -0.2) is 32.8 Å². The first kappa shape index (κ1) is 16.7. The summed E-state index contributed by atoms with van der Waals surface area (Å²) in [5, 5.41) is 0.663. The summed E-state index contributed by atoms with van der Waals surface area (Å²) in [5.41, 5.74) is 1.79. The topological polar surface area (TPSA) is 72.3 Å². The van der Waals surface area contributed by atoms with Gasteiger partial charge in [0.1, 0.15) is 4.83 Å². The van der Waals surface area contributed by atoms with Gasteiger partial charge in [-0.3, -0.25) is 23.9 Å². The van der Waals surface area contributed by atoms with Crippen molar-refractivity contribution in [3.8, 4) is 0 Å². The van der Waals surface area contributed by atoms with Gasteiger partial charge in [0.2, 0.25) is 0 Å². The lowest BCUT2D eigenvalue weighted by atomic mass is 10.1. The van der Waals surface area contributed by atoms with Crippen LogP contribution in [0.25, 0.3) is 10.2 Å². The fourth-order valence-corrected chi connectivity index (χ4v) is 4.26. The number of hydrogen-bond acceptors (Lipinski definition) is 5. The van der Waals surface area contributed by atoms with Crippen molar-refractivity contribution in [2.45, 2.75) is 26.8 Å². The highest BCUT2D eigenvalue weighted by atomic mass is 32.1. The summed E-state index contributed by atoms with van der Waals surface area (Å²) in [5.74, 6) is -0.536. The number of aromatic nitrogens is 2. The largest absolute Gasteiger partial charge is 0.299 e. The molecule has 132 valence electrons. The summed E-state index contributed by atoms with van der Waals surface area (Å²) in [6.45, 7) is 4.59. The van der Waals surface area contributed by atoms with E-state index in [1.807, 2.05) is 13.8 Å². The maximum absolute atomic E-state index is 12.7. The standard InChI is InChI=1S/C19H17N3O3S/c1-11-12(2)26-16-15(11)19(25)21(10-20-16)8-5-9-22-17(23)13-6-3-4-7-14(13)18(22)24/h3-4,6-7,10H,5,8-9H2,1-2H3. The molecule has 0 bridgehead atoms.